The fourth-order valence-corrected chi connectivity index (χ4v) is 1.47. The highest BCUT2D eigenvalue weighted by Gasteiger charge is 2.08. The van der Waals surface area contributed by atoms with E-state index < -0.39 is 0 Å². The second-order valence-corrected chi connectivity index (χ2v) is 3.94. The van der Waals surface area contributed by atoms with Gasteiger partial charge in [-0.3, -0.25) is 0 Å². The Labute approximate surface area is 96.8 Å². The minimum atomic E-state index is -0.0284. The van der Waals surface area contributed by atoms with Crippen LogP contribution < -0.4 is 10.4 Å². The largest absolute Gasteiger partial charge is 0.511 e. The smallest absolute Gasteiger partial charge is 0.107 e. The zero-order valence-electron chi connectivity index (χ0n) is 9.90. The van der Waals surface area contributed by atoms with Gasteiger partial charge in [-0.2, -0.15) is 0 Å². The van der Waals surface area contributed by atoms with E-state index in [1.165, 1.54) is 0 Å². The Balaban J connectivity index is 3.53. The van der Waals surface area contributed by atoms with Crippen LogP contribution in [0.3, 0.4) is 0 Å². The molecule has 1 rings (SSSR count). The van der Waals surface area contributed by atoms with Gasteiger partial charge in [0.2, 0.25) is 0 Å². The average molecular weight is 214 g/mol. The highest BCUT2D eigenvalue weighted by atomic mass is 16.3. The van der Waals surface area contributed by atoms with E-state index in [2.05, 4.69) is 13.2 Å². The zero-order chi connectivity index (χ0) is 12.1. The predicted octanol–water partition coefficient (Wildman–Crippen LogP) is 2.53. The summed E-state index contributed by atoms with van der Waals surface area (Å²) in [5.74, 6) is 0.334. The fraction of sp³-hybridized carbons (Fsp3) is 0.200. The van der Waals surface area contributed by atoms with E-state index in [1.807, 2.05) is 44.2 Å². The maximum atomic E-state index is 10.2. The summed E-state index contributed by atoms with van der Waals surface area (Å²) in [5.41, 5.74) is 0.950. The lowest BCUT2D eigenvalue weighted by Gasteiger charge is -2.10. The van der Waals surface area contributed by atoms with Gasteiger partial charge in [0.1, 0.15) is 5.76 Å². The van der Waals surface area contributed by atoms with Gasteiger partial charge in [-0.25, -0.2) is 0 Å². The Morgan fingerprint density at radius 2 is 2.00 bits per heavy atom. The van der Waals surface area contributed by atoms with Crippen LogP contribution in [0.5, 0.6) is 0 Å². The predicted molar refractivity (Wildman–Crippen MR) is 70.4 cm³/mol. The molecule has 1 atom stereocenters. The molecule has 0 amide bonds. The molecule has 84 valence electrons. The van der Waals surface area contributed by atoms with Crippen LogP contribution in [0.25, 0.3) is 11.8 Å². The first-order valence-corrected chi connectivity index (χ1v) is 5.34. The lowest BCUT2D eigenvalue weighted by Crippen LogP contribution is -2.28. The SMILES string of the molecule is C=C/C=c1/cccc/c1=C(\O)C(C)C(=C)C. The third kappa shape index (κ3) is 2.63. The Morgan fingerprint density at radius 1 is 1.38 bits per heavy atom. The Hall–Kier alpha value is -1.76. The molecule has 0 radical (unpaired) electrons. The standard InChI is InChI=1S/C15H18O/c1-5-8-13-9-6-7-10-14(13)15(16)12(4)11(2)3/h5-10,12,16H,1-2H2,3-4H3/b13-8-,15-14+. The van der Waals surface area contributed by atoms with E-state index >= 15 is 0 Å². The van der Waals surface area contributed by atoms with E-state index in [1.54, 1.807) is 6.08 Å². The molecule has 1 N–H and O–H groups in total. The van der Waals surface area contributed by atoms with Crippen molar-refractivity contribution in [2.24, 2.45) is 5.92 Å². The number of hydrogen-bond acceptors (Lipinski definition) is 1. The van der Waals surface area contributed by atoms with Crippen molar-refractivity contribution in [3.05, 3.63) is 59.5 Å². The Kier molecular flexibility index (Phi) is 4.12. The topological polar surface area (TPSA) is 20.2 Å². The second-order valence-electron chi connectivity index (χ2n) is 3.94. The molecule has 0 saturated carbocycles. The van der Waals surface area contributed by atoms with Gasteiger partial charge < -0.3 is 5.11 Å². The fourth-order valence-electron chi connectivity index (χ4n) is 1.47. The van der Waals surface area contributed by atoms with E-state index in [0.717, 1.165) is 16.0 Å². The van der Waals surface area contributed by atoms with E-state index in [-0.39, 0.29) is 5.92 Å². The van der Waals surface area contributed by atoms with Gasteiger partial charge in [0.05, 0.1) is 0 Å². The molecule has 0 heterocycles. The molecule has 0 aliphatic carbocycles. The monoisotopic (exact) mass is 214 g/mol. The summed E-state index contributed by atoms with van der Waals surface area (Å²) in [6, 6.07) is 7.72. The van der Waals surface area contributed by atoms with Crippen LogP contribution in [0, 0.1) is 5.92 Å². The maximum Gasteiger partial charge on any atom is 0.107 e. The number of aliphatic hydroxyl groups excluding tert-OH is 1. The van der Waals surface area contributed by atoms with Gasteiger partial charge in [0.15, 0.2) is 0 Å². The highest BCUT2D eigenvalue weighted by molar-refractivity contribution is 5.46. The maximum absolute atomic E-state index is 10.2. The van der Waals surface area contributed by atoms with E-state index in [4.69, 9.17) is 0 Å². The van der Waals surface area contributed by atoms with Gasteiger partial charge >= 0.3 is 0 Å². The third-order valence-electron chi connectivity index (χ3n) is 2.68. The number of allylic oxidation sites excluding steroid dienone is 1. The van der Waals surface area contributed by atoms with Crippen molar-refractivity contribution in [3.63, 3.8) is 0 Å². The minimum absolute atomic E-state index is 0.0284. The molecule has 1 heteroatoms. The molecule has 0 aliphatic rings. The van der Waals surface area contributed by atoms with E-state index in [0.29, 0.717) is 5.76 Å². The van der Waals surface area contributed by atoms with Gasteiger partial charge in [0, 0.05) is 11.1 Å². The first-order chi connectivity index (χ1) is 7.57. The summed E-state index contributed by atoms with van der Waals surface area (Å²) in [7, 11) is 0. The lowest BCUT2D eigenvalue weighted by molar-refractivity contribution is 0.453. The van der Waals surface area contributed by atoms with Gasteiger partial charge in [0.25, 0.3) is 0 Å². The molecule has 0 aromatic heterocycles. The molecule has 0 aliphatic heterocycles. The van der Waals surface area contributed by atoms with Crippen molar-refractivity contribution in [2.45, 2.75) is 13.8 Å². The normalized spacial score (nSPS) is 15.5. The summed E-state index contributed by atoms with van der Waals surface area (Å²) < 4.78 is 0. The molecule has 1 unspecified atom stereocenters. The van der Waals surface area contributed by atoms with Crippen molar-refractivity contribution in [3.8, 4) is 0 Å². The van der Waals surface area contributed by atoms with Gasteiger partial charge in [-0.05, 0) is 12.1 Å². The van der Waals surface area contributed by atoms with Crippen molar-refractivity contribution >= 4 is 11.8 Å². The van der Waals surface area contributed by atoms with Crippen molar-refractivity contribution < 1.29 is 5.11 Å². The molecule has 1 nitrogen and oxygen atoms in total. The third-order valence-corrected chi connectivity index (χ3v) is 2.68. The molecular weight excluding hydrogens is 196 g/mol. The second kappa shape index (κ2) is 5.36. The van der Waals surface area contributed by atoms with Crippen molar-refractivity contribution in [1.29, 1.82) is 0 Å². The number of rotatable bonds is 3. The number of benzene rings is 1. The van der Waals surface area contributed by atoms with Crippen LogP contribution in [-0.4, -0.2) is 5.11 Å². The summed E-state index contributed by atoms with van der Waals surface area (Å²) in [5, 5.41) is 12.0. The molecule has 0 saturated heterocycles. The first-order valence-electron chi connectivity index (χ1n) is 5.34. The summed E-state index contributed by atoms with van der Waals surface area (Å²) in [6.07, 6.45) is 3.61. The first kappa shape index (κ1) is 12.3. The molecule has 16 heavy (non-hydrogen) atoms. The van der Waals surface area contributed by atoms with Crippen LogP contribution in [0.15, 0.2) is 49.1 Å². The molecule has 0 fully saturated rings. The lowest BCUT2D eigenvalue weighted by atomic mass is 10.00. The van der Waals surface area contributed by atoms with E-state index in [9.17, 15) is 5.11 Å². The highest BCUT2D eigenvalue weighted by Crippen LogP contribution is 2.14. The van der Waals surface area contributed by atoms with Crippen LogP contribution in [0.2, 0.25) is 0 Å². The zero-order valence-corrected chi connectivity index (χ0v) is 9.90. The molecule has 0 bridgehead atoms. The quantitative estimate of drug-likeness (QED) is 0.767. The average Bonchev–Trinajstić information content (AvgIpc) is 2.28. The van der Waals surface area contributed by atoms with Crippen LogP contribution in [0.4, 0.5) is 0 Å². The van der Waals surface area contributed by atoms with Gasteiger partial charge in [-0.1, -0.05) is 62.1 Å². The Morgan fingerprint density at radius 3 is 2.56 bits per heavy atom. The minimum Gasteiger partial charge on any atom is -0.511 e. The number of aliphatic hydroxyl groups is 1. The van der Waals surface area contributed by atoms with Crippen LogP contribution in [0.1, 0.15) is 13.8 Å². The summed E-state index contributed by atoms with van der Waals surface area (Å²) in [4.78, 5) is 0. The Bertz CT molecular complexity index is 508. The van der Waals surface area contributed by atoms with Crippen LogP contribution >= 0.6 is 0 Å². The number of hydrogen-bond donors (Lipinski definition) is 1. The molecule has 1 aromatic carbocycles. The summed E-state index contributed by atoms with van der Waals surface area (Å²) >= 11 is 0. The van der Waals surface area contributed by atoms with Crippen molar-refractivity contribution in [2.75, 3.05) is 0 Å². The van der Waals surface area contributed by atoms with Gasteiger partial charge in [-0.15, -0.1) is 0 Å². The molecule has 1 aromatic rings. The molecular formula is C15H18O. The summed E-state index contributed by atoms with van der Waals surface area (Å²) in [6.45, 7) is 11.4. The van der Waals surface area contributed by atoms with Crippen LogP contribution in [-0.2, 0) is 0 Å². The van der Waals surface area contributed by atoms with Crippen molar-refractivity contribution in [1.82, 2.24) is 0 Å². The molecule has 0 spiro atoms.